The molecule has 1 aromatic carbocycles. The normalized spacial score (nSPS) is 13.1. The number of rotatable bonds is 8. The Balaban J connectivity index is 2.02. The van der Waals surface area contributed by atoms with Crippen LogP contribution >= 0.6 is 11.9 Å². The van der Waals surface area contributed by atoms with E-state index in [1.54, 1.807) is 24.3 Å². The third-order valence-corrected chi connectivity index (χ3v) is 4.20. The van der Waals surface area contributed by atoms with Gasteiger partial charge in [0.25, 0.3) is 0 Å². The summed E-state index contributed by atoms with van der Waals surface area (Å²) in [7, 11) is 0. The minimum atomic E-state index is -4.69. The standard InChI is InChI=1S/C18H17F4N3OS/c1-3-12(11-23-27-15-9-7-14(19)8-10-15)5-6-13(4-2)16-24-17(26-25-16)18(20,21)22/h4-10,23H,2-3,11H2,1H3/b12-5+,13-6+. The lowest BCUT2D eigenvalue weighted by molar-refractivity contribution is -0.159. The smallest absolute Gasteiger partial charge is 0.329 e. The number of alkyl halides is 3. The molecule has 1 heterocycles. The summed E-state index contributed by atoms with van der Waals surface area (Å²) in [6.07, 6.45) is 0.733. The lowest BCUT2D eigenvalue weighted by Crippen LogP contribution is -2.07. The van der Waals surface area contributed by atoms with Gasteiger partial charge in [-0.1, -0.05) is 42.5 Å². The number of hydrogen-bond acceptors (Lipinski definition) is 5. The van der Waals surface area contributed by atoms with Gasteiger partial charge >= 0.3 is 12.1 Å². The molecular weight excluding hydrogens is 382 g/mol. The van der Waals surface area contributed by atoms with Crippen LogP contribution in [-0.4, -0.2) is 16.7 Å². The minimum absolute atomic E-state index is 0.183. The fourth-order valence-corrected chi connectivity index (χ4v) is 2.61. The van der Waals surface area contributed by atoms with E-state index < -0.39 is 12.1 Å². The maximum absolute atomic E-state index is 12.9. The zero-order chi connectivity index (χ0) is 19.9. The molecule has 2 aromatic rings. The Morgan fingerprint density at radius 2 is 1.96 bits per heavy atom. The van der Waals surface area contributed by atoms with E-state index in [0.717, 1.165) is 16.9 Å². The minimum Gasteiger partial charge on any atom is -0.329 e. The monoisotopic (exact) mass is 399 g/mol. The van der Waals surface area contributed by atoms with Crippen molar-refractivity contribution in [2.45, 2.75) is 24.4 Å². The molecule has 0 fully saturated rings. The van der Waals surface area contributed by atoms with Crippen molar-refractivity contribution >= 4 is 17.5 Å². The summed E-state index contributed by atoms with van der Waals surface area (Å²) in [6.45, 7) is 6.05. The molecule has 9 heteroatoms. The summed E-state index contributed by atoms with van der Waals surface area (Å²) in [5.74, 6) is -1.88. The molecule has 0 radical (unpaired) electrons. The highest BCUT2D eigenvalue weighted by Gasteiger charge is 2.38. The average Bonchev–Trinajstić information content (AvgIpc) is 3.12. The van der Waals surface area contributed by atoms with Gasteiger partial charge in [-0.05, 0) is 42.6 Å². The molecule has 1 aromatic heterocycles. The van der Waals surface area contributed by atoms with Crippen molar-refractivity contribution in [3.8, 4) is 0 Å². The number of nitrogens with one attached hydrogen (secondary N) is 1. The summed E-state index contributed by atoms with van der Waals surface area (Å²) < 4.78 is 57.9. The first kappa shape index (κ1) is 20.9. The maximum atomic E-state index is 12.9. The van der Waals surface area contributed by atoms with Crippen LogP contribution in [0.3, 0.4) is 0 Å². The summed E-state index contributed by atoms with van der Waals surface area (Å²) in [5, 5.41) is 3.34. The van der Waals surface area contributed by atoms with Crippen LogP contribution in [0.4, 0.5) is 17.6 Å². The molecule has 0 aliphatic carbocycles. The highest BCUT2D eigenvalue weighted by atomic mass is 32.2. The second-order valence-corrected chi connectivity index (χ2v) is 6.27. The molecule has 0 bridgehead atoms. The molecule has 0 atom stereocenters. The summed E-state index contributed by atoms with van der Waals surface area (Å²) in [5.41, 5.74) is 1.30. The molecule has 0 saturated carbocycles. The van der Waals surface area contributed by atoms with Gasteiger partial charge in [0.2, 0.25) is 5.82 Å². The fraction of sp³-hybridized carbons (Fsp3) is 0.222. The zero-order valence-corrected chi connectivity index (χ0v) is 15.2. The Hall–Kier alpha value is -2.39. The molecular formula is C18H17F4N3OS. The van der Waals surface area contributed by atoms with Crippen LogP contribution in [-0.2, 0) is 6.18 Å². The van der Waals surface area contributed by atoms with Crippen molar-refractivity contribution in [3.63, 3.8) is 0 Å². The van der Waals surface area contributed by atoms with Gasteiger partial charge in [0.1, 0.15) is 5.82 Å². The van der Waals surface area contributed by atoms with Crippen molar-refractivity contribution in [2.75, 3.05) is 6.54 Å². The molecule has 4 nitrogen and oxygen atoms in total. The molecule has 0 aliphatic rings. The van der Waals surface area contributed by atoms with Gasteiger partial charge in [0, 0.05) is 17.0 Å². The van der Waals surface area contributed by atoms with Crippen molar-refractivity contribution in [2.24, 2.45) is 0 Å². The molecule has 1 N–H and O–H groups in total. The van der Waals surface area contributed by atoms with Crippen LogP contribution in [0.5, 0.6) is 0 Å². The SMILES string of the molecule is C=C/C(=C\C=C(/CC)CNSc1ccc(F)cc1)c1noc(C(F)(F)F)n1. The van der Waals surface area contributed by atoms with Gasteiger partial charge in [-0.3, -0.25) is 4.72 Å². The van der Waals surface area contributed by atoms with E-state index in [1.165, 1.54) is 30.2 Å². The van der Waals surface area contributed by atoms with Gasteiger partial charge in [-0.25, -0.2) is 4.39 Å². The van der Waals surface area contributed by atoms with Gasteiger partial charge in [-0.2, -0.15) is 18.2 Å². The Kier molecular flexibility index (Phi) is 7.37. The third kappa shape index (κ3) is 6.37. The molecule has 0 aliphatic heterocycles. The van der Waals surface area contributed by atoms with E-state index in [1.807, 2.05) is 6.92 Å². The van der Waals surface area contributed by atoms with E-state index in [0.29, 0.717) is 12.1 Å². The highest BCUT2D eigenvalue weighted by molar-refractivity contribution is 7.97. The van der Waals surface area contributed by atoms with E-state index >= 15 is 0 Å². The number of allylic oxidation sites excluding steroid dienone is 4. The van der Waals surface area contributed by atoms with Gasteiger partial charge in [-0.15, -0.1) is 0 Å². The Morgan fingerprint density at radius 3 is 2.52 bits per heavy atom. The molecule has 144 valence electrons. The fourth-order valence-electron chi connectivity index (χ4n) is 1.91. The first-order valence-corrected chi connectivity index (χ1v) is 8.73. The largest absolute Gasteiger partial charge is 0.471 e. The number of hydrogen-bond donors (Lipinski definition) is 1. The molecule has 27 heavy (non-hydrogen) atoms. The molecule has 0 amide bonds. The zero-order valence-electron chi connectivity index (χ0n) is 14.4. The van der Waals surface area contributed by atoms with Crippen molar-refractivity contribution in [1.29, 1.82) is 0 Å². The van der Waals surface area contributed by atoms with Crippen LogP contribution in [0.2, 0.25) is 0 Å². The van der Waals surface area contributed by atoms with E-state index in [4.69, 9.17) is 0 Å². The molecule has 0 saturated heterocycles. The summed E-state index contributed by atoms with van der Waals surface area (Å²) >= 11 is 1.35. The highest BCUT2D eigenvalue weighted by Crippen LogP contribution is 2.28. The number of aromatic nitrogens is 2. The quantitative estimate of drug-likeness (QED) is 0.364. The molecule has 0 spiro atoms. The third-order valence-electron chi connectivity index (χ3n) is 3.40. The lowest BCUT2D eigenvalue weighted by Gasteiger charge is -2.06. The number of benzene rings is 1. The number of halogens is 4. The van der Waals surface area contributed by atoms with E-state index in [9.17, 15) is 17.6 Å². The first-order valence-electron chi connectivity index (χ1n) is 7.92. The lowest BCUT2D eigenvalue weighted by atomic mass is 10.1. The van der Waals surface area contributed by atoms with Crippen molar-refractivity contribution in [3.05, 3.63) is 72.2 Å². The summed E-state index contributed by atoms with van der Waals surface area (Å²) in [4.78, 5) is 4.21. The predicted octanol–water partition coefficient (Wildman–Crippen LogP) is 5.43. The van der Waals surface area contributed by atoms with E-state index in [2.05, 4.69) is 26.0 Å². The summed E-state index contributed by atoms with van der Waals surface area (Å²) in [6, 6.07) is 6.07. The maximum Gasteiger partial charge on any atom is 0.471 e. The van der Waals surface area contributed by atoms with Crippen molar-refractivity contribution in [1.82, 2.24) is 14.9 Å². The Bertz CT molecular complexity index is 826. The molecule has 2 rings (SSSR count). The first-order chi connectivity index (χ1) is 12.8. The van der Waals surface area contributed by atoms with Gasteiger partial charge in [0.05, 0.1) is 0 Å². The molecule has 0 unspecified atom stereocenters. The second kappa shape index (κ2) is 9.52. The van der Waals surface area contributed by atoms with Crippen LogP contribution in [0.25, 0.3) is 5.57 Å². The topological polar surface area (TPSA) is 51.0 Å². The number of nitrogens with zero attached hydrogens (tertiary/aromatic N) is 2. The predicted molar refractivity (Wildman–Crippen MR) is 96.1 cm³/mol. The van der Waals surface area contributed by atoms with Gasteiger partial charge < -0.3 is 4.52 Å². The van der Waals surface area contributed by atoms with Crippen LogP contribution < -0.4 is 4.72 Å². The van der Waals surface area contributed by atoms with Crippen molar-refractivity contribution < 1.29 is 22.1 Å². The van der Waals surface area contributed by atoms with Gasteiger partial charge in [0.15, 0.2) is 0 Å². The van der Waals surface area contributed by atoms with Crippen LogP contribution in [0.1, 0.15) is 25.1 Å². The Labute approximate surface area is 158 Å². The Morgan fingerprint density at radius 1 is 1.26 bits per heavy atom. The van der Waals surface area contributed by atoms with E-state index in [-0.39, 0.29) is 11.6 Å². The average molecular weight is 399 g/mol. The second-order valence-electron chi connectivity index (χ2n) is 5.30. The van der Waals surface area contributed by atoms with Crippen LogP contribution in [0.15, 0.2) is 64.1 Å². The van der Waals surface area contributed by atoms with Crippen LogP contribution in [0, 0.1) is 5.82 Å².